The van der Waals surface area contributed by atoms with Gasteiger partial charge in [0.15, 0.2) is 5.96 Å². The molecule has 2 fully saturated rings. The van der Waals surface area contributed by atoms with Crippen molar-refractivity contribution in [3.05, 3.63) is 29.8 Å². The number of morpholine rings is 1. The van der Waals surface area contributed by atoms with Gasteiger partial charge in [-0.25, -0.2) is 0 Å². The average molecular weight is 432 g/mol. The minimum Gasteiger partial charge on any atom is -0.497 e. The number of rotatable bonds is 8. The van der Waals surface area contributed by atoms with E-state index >= 15 is 0 Å². The quantitative estimate of drug-likeness (QED) is 0.487. The Morgan fingerprint density at radius 3 is 2.35 bits per heavy atom. The molecule has 2 saturated heterocycles. The normalized spacial score (nSPS) is 20.3. The van der Waals surface area contributed by atoms with E-state index in [2.05, 4.69) is 63.5 Å². The van der Waals surface area contributed by atoms with E-state index in [1.807, 2.05) is 7.05 Å². The molecule has 1 unspecified atom stereocenters. The lowest BCUT2D eigenvalue weighted by Gasteiger charge is -2.41. The second-order valence-electron chi connectivity index (χ2n) is 9.10. The number of benzene rings is 1. The highest BCUT2D eigenvalue weighted by atomic mass is 16.5. The molecule has 2 aliphatic rings. The van der Waals surface area contributed by atoms with E-state index < -0.39 is 0 Å². The lowest BCUT2D eigenvalue weighted by atomic mass is 10.0. The maximum absolute atomic E-state index is 5.51. The summed E-state index contributed by atoms with van der Waals surface area (Å²) in [5.41, 5.74) is 1.36. The standard InChI is InChI=1S/C24H41N5O2/c1-24(2,29-14-16-31-17-15-29)19-27-23(25-3)26-18-22(28-12-6-5-7-13-28)20-8-10-21(30-4)11-9-20/h8-11,22H,5-7,12-19H2,1-4H3,(H2,25,26,27). The van der Waals surface area contributed by atoms with Gasteiger partial charge >= 0.3 is 0 Å². The number of hydrogen-bond acceptors (Lipinski definition) is 5. The van der Waals surface area contributed by atoms with Crippen LogP contribution in [0.15, 0.2) is 29.3 Å². The first-order chi connectivity index (χ1) is 15.0. The predicted octanol–water partition coefficient (Wildman–Crippen LogP) is 2.50. The van der Waals surface area contributed by atoms with Crippen LogP contribution in [0.1, 0.15) is 44.7 Å². The topological polar surface area (TPSA) is 61.4 Å². The fourth-order valence-electron chi connectivity index (χ4n) is 4.51. The van der Waals surface area contributed by atoms with E-state index in [9.17, 15) is 0 Å². The molecule has 2 heterocycles. The van der Waals surface area contributed by atoms with Gasteiger partial charge in [-0.3, -0.25) is 14.8 Å². The number of likely N-dealkylation sites (tertiary alicyclic amines) is 1. The molecule has 7 heteroatoms. The minimum atomic E-state index is 0.0453. The Morgan fingerprint density at radius 2 is 1.74 bits per heavy atom. The van der Waals surface area contributed by atoms with E-state index in [4.69, 9.17) is 9.47 Å². The van der Waals surface area contributed by atoms with Gasteiger partial charge in [-0.2, -0.15) is 0 Å². The van der Waals surface area contributed by atoms with Crippen LogP contribution in [0.25, 0.3) is 0 Å². The monoisotopic (exact) mass is 431 g/mol. The smallest absolute Gasteiger partial charge is 0.191 e. The molecule has 0 amide bonds. The first-order valence-corrected chi connectivity index (χ1v) is 11.7. The largest absolute Gasteiger partial charge is 0.497 e. The average Bonchev–Trinajstić information content (AvgIpc) is 2.82. The summed E-state index contributed by atoms with van der Waals surface area (Å²) in [6.45, 7) is 12.1. The molecule has 2 aliphatic heterocycles. The lowest BCUT2D eigenvalue weighted by Crippen LogP contribution is -2.56. The summed E-state index contributed by atoms with van der Waals surface area (Å²) in [6.07, 6.45) is 3.87. The molecule has 3 rings (SSSR count). The fourth-order valence-corrected chi connectivity index (χ4v) is 4.51. The number of piperidine rings is 1. The van der Waals surface area contributed by atoms with E-state index in [-0.39, 0.29) is 5.54 Å². The summed E-state index contributed by atoms with van der Waals surface area (Å²) < 4.78 is 10.9. The maximum atomic E-state index is 5.51. The number of aliphatic imine (C=N–C) groups is 1. The van der Waals surface area contributed by atoms with Crippen molar-refractivity contribution >= 4 is 5.96 Å². The molecular weight excluding hydrogens is 390 g/mol. The molecule has 0 radical (unpaired) electrons. The SMILES string of the molecule is CN=C(NCC(c1ccc(OC)cc1)N1CCCCC1)NCC(C)(C)N1CCOCC1. The first-order valence-electron chi connectivity index (χ1n) is 11.7. The Morgan fingerprint density at radius 1 is 1.06 bits per heavy atom. The minimum absolute atomic E-state index is 0.0453. The summed E-state index contributed by atoms with van der Waals surface area (Å²) in [7, 11) is 3.56. The van der Waals surface area contributed by atoms with Crippen molar-refractivity contribution in [1.82, 2.24) is 20.4 Å². The van der Waals surface area contributed by atoms with Gasteiger partial charge in [0.25, 0.3) is 0 Å². The Labute approximate surface area is 188 Å². The van der Waals surface area contributed by atoms with Gasteiger partial charge in [0.2, 0.25) is 0 Å². The van der Waals surface area contributed by atoms with Crippen molar-refractivity contribution in [3.63, 3.8) is 0 Å². The van der Waals surface area contributed by atoms with E-state index in [0.29, 0.717) is 6.04 Å². The number of hydrogen-bond donors (Lipinski definition) is 2. The van der Waals surface area contributed by atoms with Crippen LogP contribution < -0.4 is 15.4 Å². The zero-order chi connectivity index (χ0) is 22.1. The van der Waals surface area contributed by atoms with Gasteiger partial charge in [-0.15, -0.1) is 0 Å². The van der Waals surface area contributed by atoms with Crippen LogP contribution in [-0.4, -0.2) is 87.9 Å². The second-order valence-corrected chi connectivity index (χ2v) is 9.10. The highest BCUT2D eigenvalue weighted by molar-refractivity contribution is 5.79. The number of ether oxygens (including phenoxy) is 2. The van der Waals surface area contributed by atoms with Crippen molar-refractivity contribution in [1.29, 1.82) is 0 Å². The van der Waals surface area contributed by atoms with E-state index in [0.717, 1.165) is 64.2 Å². The van der Waals surface area contributed by atoms with Gasteiger partial charge in [-0.1, -0.05) is 18.6 Å². The molecule has 0 spiro atoms. The molecule has 1 aromatic carbocycles. The highest BCUT2D eigenvalue weighted by Crippen LogP contribution is 2.26. The van der Waals surface area contributed by atoms with Crippen molar-refractivity contribution < 1.29 is 9.47 Å². The molecule has 7 nitrogen and oxygen atoms in total. The Bertz CT molecular complexity index is 680. The maximum Gasteiger partial charge on any atom is 0.191 e. The van der Waals surface area contributed by atoms with Crippen LogP contribution >= 0.6 is 0 Å². The number of methoxy groups -OCH3 is 1. The van der Waals surface area contributed by atoms with E-state index in [1.54, 1.807) is 7.11 Å². The van der Waals surface area contributed by atoms with Crippen molar-refractivity contribution in [2.45, 2.75) is 44.7 Å². The molecule has 1 atom stereocenters. The van der Waals surface area contributed by atoms with Crippen LogP contribution in [0.4, 0.5) is 0 Å². The molecular formula is C24H41N5O2. The molecule has 31 heavy (non-hydrogen) atoms. The fraction of sp³-hybridized carbons (Fsp3) is 0.708. The Hall–Kier alpha value is -1.83. The number of guanidine groups is 1. The Balaban J connectivity index is 1.60. The van der Waals surface area contributed by atoms with Crippen molar-refractivity contribution in [3.8, 4) is 5.75 Å². The predicted molar refractivity (Wildman–Crippen MR) is 127 cm³/mol. The molecule has 0 aliphatic carbocycles. The van der Waals surface area contributed by atoms with Crippen LogP contribution in [0, 0.1) is 0 Å². The third-order valence-corrected chi connectivity index (χ3v) is 6.57. The lowest BCUT2D eigenvalue weighted by molar-refractivity contribution is -0.00834. The molecule has 0 saturated carbocycles. The molecule has 0 aromatic heterocycles. The van der Waals surface area contributed by atoms with Gasteiger partial charge in [-0.05, 0) is 57.5 Å². The van der Waals surface area contributed by atoms with Crippen molar-refractivity contribution in [2.24, 2.45) is 4.99 Å². The van der Waals surface area contributed by atoms with Crippen molar-refractivity contribution in [2.75, 3.05) is 66.6 Å². The Kier molecular flexibility index (Phi) is 8.99. The van der Waals surface area contributed by atoms with Crippen LogP contribution in [-0.2, 0) is 4.74 Å². The van der Waals surface area contributed by atoms with Gasteiger partial charge in [0.05, 0.1) is 26.4 Å². The number of nitrogens with one attached hydrogen (secondary N) is 2. The zero-order valence-corrected chi connectivity index (χ0v) is 19.8. The van der Waals surface area contributed by atoms with Gasteiger partial charge < -0.3 is 20.1 Å². The molecule has 174 valence electrons. The summed E-state index contributed by atoms with van der Waals surface area (Å²) in [4.78, 5) is 9.58. The third kappa shape index (κ3) is 6.82. The highest BCUT2D eigenvalue weighted by Gasteiger charge is 2.28. The van der Waals surface area contributed by atoms with Crippen LogP contribution in [0.5, 0.6) is 5.75 Å². The molecule has 0 bridgehead atoms. The zero-order valence-electron chi connectivity index (χ0n) is 19.8. The summed E-state index contributed by atoms with van der Waals surface area (Å²) in [6, 6.07) is 8.82. The summed E-state index contributed by atoms with van der Waals surface area (Å²) in [5, 5.41) is 7.15. The molecule has 2 N–H and O–H groups in total. The van der Waals surface area contributed by atoms with Crippen LogP contribution in [0.3, 0.4) is 0 Å². The number of nitrogens with zero attached hydrogens (tertiary/aromatic N) is 3. The summed E-state index contributed by atoms with van der Waals surface area (Å²) >= 11 is 0. The van der Waals surface area contributed by atoms with E-state index in [1.165, 1.54) is 24.8 Å². The van der Waals surface area contributed by atoms with Crippen LogP contribution in [0.2, 0.25) is 0 Å². The third-order valence-electron chi connectivity index (χ3n) is 6.57. The second kappa shape index (κ2) is 11.7. The first kappa shape index (κ1) is 23.8. The summed E-state index contributed by atoms with van der Waals surface area (Å²) in [5.74, 6) is 1.76. The van der Waals surface area contributed by atoms with Gasteiger partial charge in [0, 0.05) is 38.8 Å². The molecule has 1 aromatic rings. The van der Waals surface area contributed by atoms with Gasteiger partial charge in [0.1, 0.15) is 5.75 Å².